The first-order valence-electron chi connectivity index (χ1n) is 10.3. The lowest BCUT2D eigenvalue weighted by atomic mass is 10.0. The third-order valence-electron chi connectivity index (χ3n) is 5.53. The van der Waals surface area contributed by atoms with Crippen molar-refractivity contribution in [3.63, 3.8) is 0 Å². The van der Waals surface area contributed by atoms with Crippen LogP contribution in [-0.2, 0) is 16.8 Å². The lowest BCUT2D eigenvalue weighted by molar-refractivity contribution is 0.199. The normalized spacial score (nSPS) is 12.6. The van der Waals surface area contributed by atoms with Crippen molar-refractivity contribution in [3.05, 3.63) is 89.6 Å². The smallest absolute Gasteiger partial charge is 0.412 e. The molecule has 34 heavy (non-hydrogen) atoms. The molecular weight excluding hydrogens is 452 g/mol. The number of nitrogens with zero attached hydrogens (tertiary/aromatic N) is 4. The zero-order chi connectivity index (χ0) is 24.2. The quantitative estimate of drug-likeness (QED) is 0.400. The van der Waals surface area contributed by atoms with E-state index in [-0.39, 0.29) is 17.1 Å². The van der Waals surface area contributed by atoms with Crippen LogP contribution in [0, 0.1) is 11.3 Å². The molecule has 4 aromatic rings. The van der Waals surface area contributed by atoms with Crippen molar-refractivity contribution < 1.29 is 18.7 Å². The summed E-state index contributed by atoms with van der Waals surface area (Å²) in [7, 11) is 0. The first-order valence-corrected chi connectivity index (χ1v) is 11.6. The minimum absolute atomic E-state index is 0.0611. The first-order chi connectivity index (χ1) is 16.4. The molecule has 0 saturated carbocycles. The van der Waals surface area contributed by atoms with E-state index in [4.69, 9.17) is 0 Å². The van der Waals surface area contributed by atoms with Crippen molar-refractivity contribution >= 4 is 33.8 Å². The fraction of sp³-hybridized carbons (Fsp3) is 0.120. The number of fused-ring (bicyclic) bond motifs is 1. The number of aromatic nitrogens is 2. The number of carbonyl (C=O) groups is 1. The van der Waals surface area contributed by atoms with Crippen LogP contribution in [0.15, 0.2) is 72.8 Å². The van der Waals surface area contributed by atoms with Crippen LogP contribution in [0.3, 0.4) is 0 Å². The molecule has 0 radical (unpaired) electrons. The van der Waals surface area contributed by atoms with Gasteiger partial charge >= 0.3 is 6.09 Å². The van der Waals surface area contributed by atoms with Gasteiger partial charge in [0.2, 0.25) is 0 Å². The van der Waals surface area contributed by atoms with E-state index >= 15 is 0 Å². The molecule has 0 saturated heterocycles. The summed E-state index contributed by atoms with van der Waals surface area (Å²) >= 11 is -2.17. The number of hydrogen-bond acceptors (Lipinski definition) is 6. The highest BCUT2D eigenvalue weighted by Crippen LogP contribution is 2.36. The summed E-state index contributed by atoms with van der Waals surface area (Å²) in [5.41, 5.74) is 3.60. The number of benzene rings is 3. The third-order valence-corrected chi connectivity index (χ3v) is 6.10. The van der Waals surface area contributed by atoms with E-state index in [1.54, 1.807) is 31.2 Å². The van der Waals surface area contributed by atoms with E-state index in [2.05, 4.69) is 10.2 Å². The van der Waals surface area contributed by atoms with Crippen LogP contribution in [0.25, 0.3) is 22.0 Å². The molecule has 4 rings (SSSR count). The topological polar surface area (TPSA) is 130 Å². The highest BCUT2D eigenvalue weighted by atomic mass is 32.2. The molecule has 170 valence electrons. The SMILES string of the molecule is C[C@H](c1ccccc1)N(C(=O)O)c1c(C#N)nnc2cc(-c3ccc(CS(=O)[O-])cc3)ccc12. The molecule has 9 heteroatoms. The second kappa shape index (κ2) is 9.79. The predicted molar refractivity (Wildman–Crippen MR) is 128 cm³/mol. The number of amides is 1. The summed E-state index contributed by atoms with van der Waals surface area (Å²) in [5.74, 6) is -0.0611. The number of nitriles is 1. The molecule has 2 atom stereocenters. The molecule has 0 aliphatic heterocycles. The molecule has 0 spiro atoms. The maximum Gasteiger partial charge on any atom is 0.412 e. The fourth-order valence-corrected chi connectivity index (χ4v) is 4.32. The minimum Gasteiger partial charge on any atom is -0.772 e. The zero-order valence-electron chi connectivity index (χ0n) is 18.1. The lowest BCUT2D eigenvalue weighted by Crippen LogP contribution is -2.33. The highest BCUT2D eigenvalue weighted by Gasteiger charge is 2.28. The van der Waals surface area contributed by atoms with E-state index in [9.17, 15) is 23.9 Å². The fourth-order valence-electron chi connectivity index (χ4n) is 3.86. The number of anilines is 1. The molecule has 0 bridgehead atoms. The Morgan fingerprint density at radius 3 is 2.38 bits per heavy atom. The molecule has 1 aromatic heterocycles. The zero-order valence-corrected chi connectivity index (χ0v) is 18.9. The van der Waals surface area contributed by atoms with Gasteiger partial charge < -0.3 is 9.66 Å². The summed E-state index contributed by atoms with van der Waals surface area (Å²) in [5, 5.41) is 28.4. The molecule has 1 amide bonds. The summed E-state index contributed by atoms with van der Waals surface area (Å²) in [6, 6.07) is 22.9. The molecular formula is C25H19N4O4S-. The summed E-state index contributed by atoms with van der Waals surface area (Å²) in [6.45, 7) is 1.75. The van der Waals surface area contributed by atoms with Crippen LogP contribution in [0.2, 0.25) is 0 Å². The Bertz CT molecular complexity index is 1420. The van der Waals surface area contributed by atoms with Crippen molar-refractivity contribution in [3.8, 4) is 17.2 Å². The lowest BCUT2D eigenvalue weighted by Gasteiger charge is -2.28. The molecule has 3 aromatic carbocycles. The van der Waals surface area contributed by atoms with Gasteiger partial charge in [0, 0.05) is 11.1 Å². The van der Waals surface area contributed by atoms with Crippen LogP contribution >= 0.6 is 0 Å². The van der Waals surface area contributed by atoms with Crippen LogP contribution in [0.1, 0.15) is 29.8 Å². The van der Waals surface area contributed by atoms with Gasteiger partial charge in [-0.15, -0.1) is 10.2 Å². The van der Waals surface area contributed by atoms with Gasteiger partial charge in [-0.05, 0) is 41.3 Å². The number of hydrogen-bond donors (Lipinski definition) is 1. The van der Waals surface area contributed by atoms with Gasteiger partial charge in [0.1, 0.15) is 6.07 Å². The Balaban J connectivity index is 1.81. The molecule has 1 N–H and O–H groups in total. The Kier molecular flexibility index (Phi) is 6.63. The van der Waals surface area contributed by atoms with Gasteiger partial charge in [0.05, 0.1) is 17.2 Å². The van der Waals surface area contributed by atoms with E-state index in [1.807, 2.05) is 54.6 Å². The summed E-state index contributed by atoms with van der Waals surface area (Å²) < 4.78 is 21.8. The summed E-state index contributed by atoms with van der Waals surface area (Å²) in [4.78, 5) is 13.5. The third kappa shape index (κ3) is 4.64. The number of rotatable bonds is 6. The van der Waals surface area contributed by atoms with Crippen molar-refractivity contribution in [1.82, 2.24) is 10.2 Å². The van der Waals surface area contributed by atoms with Crippen molar-refractivity contribution in [2.75, 3.05) is 4.90 Å². The Hall–Kier alpha value is -4.13. The molecule has 0 aliphatic carbocycles. The largest absolute Gasteiger partial charge is 0.772 e. The maximum absolute atomic E-state index is 12.3. The van der Waals surface area contributed by atoms with Gasteiger partial charge in [-0.2, -0.15) is 5.26 Å². The van der Waals surface area contributed by atoms with Gasteiger partial charge in [0.15, 0.2) is 5.69 Å². The summed E-state index contributed by atoms with van der Waals surface area (Å²) in [6.07, 6.45) is -1.21. The Morgan fingerprint density at radius 1 is 1.09 bits per heavy atom. The van der Waals surface area contributed by atoms with E-state index < -0.39 is 23.2 Å². The van der Waals surface area contributed by atoms with E-state index in [0.29, 0.717) is 16.5 Å². The molecule has 0 aliphatic rings. The van der Waals surface area contributed by atoms with Crippen molar-refractivity contribution in [2.24, 2.45) is 0 Å². The molecule has 0 fully saturated rings. The predicted octanol–water partition coefficient (Wildman–Crippen LogP) is 4.79. The van der Waals surface area contributed by atoms with E-state index in [1.165, 1.54) is 0 Å². The van der Waals surface area contributed by atoms with Crippen molar-refractivity contribution in [1.29, 1.82) is 5.26 Å². The second-order valence-electron chi connectivity index (χ2n) is 7.63. The average Bonchev–Trinajstić information content (AvgIpc) is 2.84. The maximum atomic E-state index is 12.3. The minimum atomic E-state index is -2.17. The molecule has 8 nitrogen and oxygen atoms in total. The van der Waals surface area contributed by atoms with Gasteiger partial charge in [0.25, 0.3) is 0 Å². The number of carboxylic acid groups (broad SMARTS) is 1. The van der Waals surface area contributed by atoms with Gasteiger partial charge in [-0.1, -0.05) is 71.7 Å². The first kappa shape index (κ1) is 23.0. The monoisotopic (exact) mass is 471 g/mol. The van der Waals surface area contributed by atoms with Crippen LogP contribution < -0.4 is 4.90 Å². The Morgan fingerprint density at radius 2 is 1.76 bits per heavy atom. The standard InChI is InChI=1S/C25H20N4O4S/c1-16(18-5-3-2-4-6-18)29(25(30)31)24-21-12-11-20(13-22(21)27-28-23(24)14-26)19-9-7-17(8-10-19)15-34(32)33/h2-13,16H,15H2,1H3,(H,30,31)(H,32,33)/p-1/t16-/m1/s1. The molecule has 1 heterocycles. The van der Waals surface area contributed by atoms with Crippen LogP contribution in [-0.4, -0.2) is 30.2 Å². The van der Waals surface area contributed by atoms with E-state index in [0.717, 1.165) is 21.6 Å². The van der Waals surface area contributed by atoms with Crippen molar-refractivity contribution in [2.45, 2.75) is 18.7 Å². The van der Waals surface area contributed by atoms with Crippen LogP contribution in [0.5, 0.6) is 0 Å². The van der Waals surface area contributed by atoms with Gasteiger partial charge in [-0.3, -0.25) is 9.11 Å². The van der Waals surface area contributed by atoms with Crippen LogP contribution in [0.4, 0.5) is 10.5 Å². The molecule has 1 unspecified atom stereocenters. The van der Waals surface area contributed by atoms with Gasteiger partial charge in [-0.25, -0.2) is 4.79 Å². The highest BCUT2D eigenvalue weighted by molar-refractivity contribution is 7.78. The second-order valence-corrected chi connectivity index (χ2v) is 8.52. The average molecular weight is 472 g/mol. The Labute approximate surface area is 198 Å².